The Labute approximate surface area is 89.4 Å². The number of rotatable bonds is 4. The van der Waals surface area contributed by atoms with Crippen LogP contribution in [0.15, 0.2) is 38.0 Å². The van der Waals surface area contributed by atoms with Gasteiger partial charge >= 0.3 is 0 Å². The minimum absolute atomic E-state index is 0.646. The van der Waals surface area contributed by atoms with Gasteiger partial charge in [-0.3, -0.25) is 0 Å². The summed E-state index contributed by atoms with van der Waals surface area (Å²) >= 11 is 3.38. The second-order valence-electron chi connectivity index (χ2n) is 2.77. The van der Waals surface area contributed by atoms with E-state index in [1.54, 1.807) is 12.5 Å². The highest BCUT2D eigenvalue weighted by Crippen LogP contribution is 2.16. The number of nitrogens with one attached hydrogen (secondary N) is 1. The average molecular weight is 257 g/mol. The SMILES string of the molecule is Brc1ccoc1CNCc1ccno1. The molecule has 0 aliphatic rings. The molecule has 0 bridgehead atoms. The van der Waals surface area contributed by atoms with Crippen LogP contribution in [0.5, 0.6) is 0 Å². The van der Waals surface area contributed by atoms with Crippen LogP contribution in [-0.4, -0.2) is 5.16 Å². The first-order chi connectivity index (χ1) is 6.86. The van der Waals surface area contributed by atoms with Gasteiger partial charge in [-0.1, -0.05) is 5.16 Å². The summed E-state index contributed by atoms with van der Waals surface area (Å²) in [5.41, 5.74) is 0. The van der Waals surface area contributed by atoms with Crippen LogP contribution in [0.4, 0.5) is 0 Å². The van der Waals surface area contributed by atoms with Crippen molar-refractivity contribution >= 4 is 15.9 Å². The molecule has 0 spiro atoms. The molecule has 0 aliphatic heterocycles. The van der Waals surface area contributed by atoms with Crippen LogP contribution < -0.4 is 5.32 Å². The van der Waals surface area contributed by atoms with Gasteiger partial charge < -0.3 is 14.3 Å². The number of hydrogen-bond donors (Lipinski definition) is 1. The second kappa shape index (κ2) is 4.43. The van der Waals surface area contributed by atoms with Crippen LogP contribution >= 0.6 is 15.9 Å². The average Bonchev–Trinajstić information content (AvgIpc) is 2.78. The lowest BCUT2D eigenvalue weighted by molar-refractivity contribution is 0.368. The summed E-state index contributed by atoms with van der Waals surface area (Å²) in [6.07, 6.45) is 3.27. The molecule has 0 unspecified atom stereocenters. The largest absolute Gasteiger partial charge is 0.467 e. The van der Waals surface area contributed by atoms with E-state index in [4.69, 9.17) is 8.94 Å². The Bertz CT molecular complexity index is 383. The fourth-order valence-corrected chi connectivity index (χ4v) is 1.43. The molecule has 74 valence electrons. The summed E-state index contributed by atoms with van der Waals surface area (Å²) in [6, 6.07) is 3.69. The van der Waals surface area contributed by atoms with Crippen molar-refractivity contribution in [3.05, 3.63) is 40.6 Å². The maximum absolute atomic E-state index is 5.23. The summed E-state index contributed by atoms with van der Waals surface area (Å²) in [4.78, 5) is 0. The Hall–Kier alpha value is -1.07. The van der Waals surface area contributed by atoms with E-state index in [2.05, 4.69) is 26.4 Å². The number of aromatic nitrogens is 1. The predicted octanol–water partition coefficient (Wildman–Crippen LogP) is 2.32. The standard InChI is InChI=1S/C9H9BrN2O2/c10-8-2-4-13-9(8)6-11-5-7-1-3-12-14-7/h1-4,11H,5-6H2. The van der Waals surface area contributed by atoms with Crippen molar-refractivity contribution < 1.29 is 8.94 Å². The maximum atomic E-state index is 5.23. The first kappa shape index (κ1) is 9.48. The van der Waals surface area contributed by atoms with E-state index in [1.165, 1.54) is 0 Å². The van der Waals surface area contributed by atoms with E-state index in [0.717, 1.165) is 16.0 Å². The zero-order chi connectivity index (χ0) is 9.80. The molecule has 0 amide bonds. The van der Waals surface area contributed by atoms with Crippen LogP contribution in [0.1, 0.15) is 11.5 Å². The molecular formula is C9H9BrN2O2. The maximum Gasteiger partial charge on any atom is 0.150 e. The highest BCUT2D eigenvalue weighted by atomic mass is 79.9. The van der Waals surface area contributed by atoms with Crippen molar-refractivity contribution in [2.24, 2.45) is 0 Å². The summed E-state index contributed by atoms with van der Waals surface area (Å²) in [7, 11) is 0. The first-order valence-corrected chi connectivity index (χ1v) is 4.97. The highest BCUT2D eigenvalue weighted by Gasteiger charge is 2.03. The van der Waals surface area contributed by atoms with Crippen LogP contribution in [0.25, 0.3) is 0 Å². The van der Waals surface area contributed by atoms with Gasteiger partial charge in [0.25, 0.3) is 0 Å². The molecule has 2 heterocycles. The topological polar surface area (TPSA) is 51.2 Å². The van der Waals surface area contributed by atoms with Crippen molar-refractivity contribution in [1.82, 2.24) is 10.5 Å². The molecule has 2 aromatic rings. The minimum Gasteiger partial charge on any atom is -0.467 e. The van der Waals surface area contributed by atoms with Crippen molar-refractivity contribution in [2.75, 3.05) is 0 Å². The van der Waals surface area contributed by atoms with E-state index < -0.39 is 0 Å². The molecule has 0 saturated carbocycles. The van der Waals surface area contributed by atoms with E-state index in [0.29, 0.717) is 13.1 Å². The van der Waals surface area contributed by atoms with Gasteiger partial charge in [-0.2, -0.15) is 0 Å². The monoisotopic (exact) mass is 256 g/mol. The zero-order valence-electron chi connectivity index (χ0n) is 7.37. The highest BCUT2D eigenvalue weighted by molar-refractivity contribution is 9.10. The Morgan fingerprint density at radius 2 is 2.29 bits per heavy atom. The molecule has 1 N–H and O–H groups in total. The molecule has 14 heavy (non-hydrogen) atoms. The van der Waals surface area contributed by atoms with Gasteiger partial charge in [0.1, 0.15) is 11.5 Å². The molecular weight excluding hydrogens is 248 g/mol. The Kier molecular flexibility index (Phi) is 3.00. The fourth-order valence-electron chi connectivity index (χ4n) is 1.08. The summed E-state index contributed by atoms with van der Waals surface area (Å²) in [5.74, 6) is 1.69. The van der Waals surface area contributed by atoms with Gasteiger partial charge in [-0.25, -0.2) is 0 Å². The Morgan fingerprint density at radius 1 is 1.36 bits per heavy atom. The van der Waals surface area contributed by atoms with Crippen LogP contribution in [0.2, 0.25) is 0 Å². The quantitative estimate of drug-likeness (QED) is 0.913. The normalized spacial score (nSPS) is 10.6. The van der Waals surface area contributed by atoms with Gasteiger partial charge in [0.15, 0.2) is 0 Å². The molecule has 0 radical (unpaired) electrons. The van der Waals surface area contributed by atoms with Gasteiger partial charge in [-0.15, -0.1) is 0 Å². The van der Waals surface area contributed by atoms with Crippen LogP contribution in [0.3, 0.4) is 0 Å². The third-order valence-corrected chi connectivity index (χ3v) is 2.47. The molecule has 0 fully saturated rings. The third-order valence-electron chi connectivity index (χ3n) is 1.77. The van der Waals surface area contributed by atoms with E-state index in [-0.39, 0.29) is 0 Å². The summed E-state index contributed by atoms with van der Waals surface area (Å²) < 4.78 is 11.1. The number of hydrogen-bond acceptors (Lipinski definition) is 4. The lowest BCUT2D eigenvalue weighted by Crippen LogP contribution is -2.11. The fraction of sp³-hybridized carbons (Fsp3) is 0.222. The van der Waals surface area contributed by atoms with E-state index in [1.807, 2.05) is 12.1 Å². The van der Waals surface area contributed by atoms with Crippen molar-refractivity contribution in [1.29, 1.82) is 0 Å². The Morgan fingerprint density at radius 3 is 2.93 bits per heavy atom. The number of furan rings is 1. The van der Waals surface area contributed by atoms with Crippen LogP contribution in [-0.2, 0) is 13.1 Å². The van der Waals surface area contributed by atoms with Gasteiger partial charge in [-0.05, 0) is 22.0 Å². The zero-order valence-corrected chi connectivity index (χ0v) is 8.95. The van der Waals surface area contributed by atoms with E-state index >= 15 is 0 Å². The molecule has 0 atom stereocenters. The molecule has 2 rings (SSSR count). The number of halogens is 1. The second-order valence-corrected chi connectivity index (χ2v) is 3.63. The van der Waals surface area contributed by atoms with Crippen molar-refractivity contribution in [2.45, 2.75) is 13.1 Å². The predicted molar refractivity (Wildman–Crippen MR) is 53.5 cm³/mol. The Balaban J connectivity index is 1.81. The molecule has 4 nitrogen and oxygen atoms in total. The van der Waals surface area contributed by atoms with E-state index in [9.17, 15) is 0 Å². The third kappa shape index (κ3) is 2.24. The minimum atomic E-state index is 0.646. The molecule has 2 aromatic heterocycles. The summed E-state index contributed by atoms with van der Waals surface area (Å²) in [6.45, 7) is 1.31. The lowest BCUT2D eigenvalue weighted by Gasteiger charge is -1.99. The van der Waals surface area contributed by atoms with Gasteiger partial charge in [0, 0.05) is 6.07 Å². The lowest BCUT2D eigenvalue weighted by atomic mass is 10.4. The first-order valence-electron chi connectivity index (χ1n) is 4.18. The van der Waals surface area contributed by atoms with Gasteiger partial charge in [0.05, 0.1) is 30.0 Å². The molecule has 0 aliphatic carbocycles. The van der Waals surface area contributed by atoms with Crippen molar-refractivity contribution in [3.63, 3.8) is 0 Å². The smallest absolute Gasteiger partial charge is 0.150 e. The van der Waals surface area contributed by atoms with Crippen LogP contribution in [0, 0.1) is 0 Å². The molecule has 0 saturated heterocycles. The van der Waals surface area contributed by atoms with Gasteiger partial charge in [0.2, 0.25) is 0 Å². The van der Waals surface area contributed by atoms with Crippen molar-refractivity contribution in [3.8, 4) is 0 Å². The molecule has 5 heteroatoms. The molecule has 0 aromatic carbocycles. The number of nitrogens with zero attached hydrogens (tertiary/aromatic N) is 1. The summed E-state index contributed by atoms with van der Waals surface area (Å²) in [5, 5.41) is 6.78.